The lowest BCUT2D eigenvalue weighted by molar-refractivity contribution is 1.26. The van der Waals surface area contributed by atoms with Crippen LogP contribution in [0.5, 0.6) is 0 Å². The van der Waals surface area contributed by atoms with Gasteiger partial charge in [-0.15, -0.1) is 0 Å². The minimum absolute atomic E-state index is 0.760. The zero-order valence-electron chi connectivity index (χ0n) is 11.6. The fourth-order valence-corrected chi connectivity index (χ4v) is 2.31. The molecule has 3 aromatic rings. The van der Waals surface area contributed by atoms with E-state index >= 15 is 0 Å². The molecule has 1 heterocycles. The monoisotopic (exact) mass is 263 g/mol. The highest BCUT2D eigenvalue weighted by atomic mass is 14.9. The summed E-state index contributed by atoms with van der Waals surface area (Å²) in [4.78, 5) is 8.07. The first kappa shape index (κ1) is 12.5. The average molecular weight is 263 g/mol. The van der Waals surface area contributed by atoms with E-state index in [4.69, 9.17) is 10.7 Å². The Hall–Kier alpha value is -2.55. The lowest BCUT2D eigenvalue weighted by Gasteiger charge is -1.99. The van der Waals surface area contributed by atoms with Crippen LogP contribution in [0.25, 0.3) is 22.6 Å². The van der Waals surface area contributed by atoms with Crippen LogP contribution in [-0.2, 0) is 0 Å². The van der Waals surface area contributed by atoms with E-state index in [0.717, 1.165) is 34.0 Å². The topological polar surface area (TPSA) is 54.7 Å². The van der Waals surface area contributed by atoms with E-state index in [9.17, 15) is 0 Å². The maximum absolute atomic E-state index is 5.72. The third-order valence-corrected chi connectivity index (χ3v) is 3.36. The summed E-state index contributed by atoms with van der Waals surface area (Å²) in [5.74, 6) is 0.874. The summed E-state index contributed by atoms with van der Waals surface area (Å²) >= 11 is 0. The van der Waals surface area contributed by atoms with Crippen LogP contribution in [0.15, 0.2) is 48.5 Å². The summed E-state index contributed by atoms with van der Waals surface area (Å²) in [7, 11) is 0. The van der Waals surface area contributed by atoms with E-state index in [1.54, 1.807) is 0 Å². The number of nitrogens with zero attached hydrogens (tertiary/aromatic N) is 1. The second-order valence-corrected chi connectivity index (χ2v) is 5.05. The van der Waals surface area contributed by atoms with Crippen molar-refractivity contribution in [1.82, 2.24) is 9.97 Å². The van der Waals surface area contributed by atoms with Crippen molar-refractivity contribution in [2.75, 3.05) is 5.73 Å². The number of aryl methyl sites for hydroxylation is 2. The molecule has 100 valence electrons. The van der Waals surface area contributed by atoms with Gasteiger partial charge in [-0.3, -0.25) is 0 Å². The Bertz CT molecular complexity index is 739. The lowest BCUT2D eigenvalue weighted by atomic mass is 10.1. The van der Waals surface area contributed by atoms with E-state index in [1.807, 2.05) is 31.2 Å². The van der Waals surface area contributed by atoms with Crippen molar-refractivity contribution in [2.45, 2.75) is 13.8 Å². The van der Waals surface area contributed by atoms with Crippen LogP contribution in [-0.4, -0.2) is 9.97 Å². The van der Waals surface area contributed by atoms with Gasteiger partial charge in [-0.1, -0.05) is 23.8 Å². The SMILES string of the molecule is Cc1cccc(-c2nc(-c3ccc(N)cc3)[nH]c2C)c1. The largest absolute Gasteiger partial charge is 0.399 e. The van der Waals surface area contributed by atoms with Gasteiger partial charge in [0.05, 0.1) is 5.69 Å². The van der Waals surface area contributed by atoms with Gasteiger partial charge < -0.3 is 10.7 Å². The van der Waals surface area contributed by atoms with Gasteiger partial charge in [0, 0.05) is 22.5 Å². The molecule has 0 spiro atoms. The second-order valence-electron chi connectivity index (χ2n) is 5.05. The van der Waals surface area contributed by atoms with Crippen LogP contribution < -0.4 is 5.73 Å². The summed E-state index contributed by atoms with van der Waals surface area (Å²) in [6.45, 7) is 4.14. The Balaban J connectivity index is 2.05. The number of anilines is 1. The van der Waals surface area contributed by atoms with E-state index in [0.29, 0.717) is 0 Å². The number of aromatic nitrogens is 2. The first-order chi connectivity index (χ1) is 9.63. The molecule has 0 unspecified atom stereocenters. The predicted molar refractivity (Wildman–Crippen MR) is 83.3 cm³/mol. The number of nitrogen functional groups attached to an aromatic ring is 1. The van der Waals surface area contributed by atoms with Crippen molar-refractivity contribution in [2.24, 2.45) is 0 Å². The van der Waals surface area contributed by atoms with Crippen LogP contribution in [0.1, 0.15) is 11.3 Å². The molecule has 0 aliphatic heterocycles. The van der Waals surface area contributed by atoms with Crippen molar-refractivity contribution in [3.05, 3.63) is 59.8 Å². The number of rotatable bonds is 2. The molecular formula is C17H17N3. The zero-order valence-corrected chi connectivity index (χ0v) is 11.6. The zero-order chi connectivity index (χ0) is 14.1. The average Bonchev–Trinajstić information content (AvgIpc) is 2.82. The van der Waals surface area contributed by atoms with Crippen LogP contribution in [0.2, 0.25) is 0 Å². The maximum Gasteiger partial charge on any atom is 0.138 e. The van der Waals surface area contributed by atoms with E-state index in [1.165, 1.54) is 5.56 Å². The van der Waals surface area contributed by atoms with E-state index in [2.05, 4.69) is 36.2 Å². The molecule has 3 nitrogen and oxygen atoms in total. The van der Waals surface area contributed by atoms with E-state index in [-0.39, 0.29) is 0 Å². The number of hydrogen-bond acceptors (Lipinski definition) is 2. The minimum atomic E-state index is 0.760. The molecule has 0 aliphatic carbocycles. The van der Waals surface area contributed by atoms with Crippen LogP contribution in [0.4, 0.5) is 5.69 Å². The van der Waals surface area contributed by atoms with Gasteiger partial charge in [-0.2, -0.15) is 0 Å². The van der Waals surface area contributed by atoms with Crippen LogP contribution in [0.3, 0.4) is 0 Å². The number of aromatic amines is 1. The molecule has 0 atom stereocenters. The Morgan fingerprint density at radius 3 is 2.40 bits per heavy atom. The van der Waals surface area contributed by atoms with Crippen molar-refractivity contribution < 1.29 is 0 Å². The molecule has 0 amide bonds. The summed E-state index contributed by atoms with van der Waals surface area (Å²) in [5, 5.41) is 0. The van der Waals surface area contributed by atoms with Crippen molar-refractivity contribution in [1.29, 1.82) is 0 Å². The Kier molecular flexibility index (Phi) is 3.03. The lowest BCUT2D eigenvalue weighted by Crippen LogP contribution is -1.85. The second kappa shape index (κ2) is 4.85. The van der Waals surface area contributed by atoms with Crippen molar-refractivity contribution in [3.63, 3.8) is 0 Å². The van der Waals surface area contributed by atoms with Gasteiger partial charge in [0.2, 0.25) is 0 Å². The summed E-state index contributed by atoms with van der Waals surface area (Å²) < 4.78 is 0. The molecule has 2 aromatic carbocycles. The first-order valence-corrected chi connectivity index (χ1v) is 6.63. The Morgan fingerprint density at radius 2 is 1.70 bits per heavy atom. The molecule has 3 N–H and O–H groups in total. The third-order valence-electron chi connectivity index (χ3n) is 3.36. The number of imidazole rings is 1. The minimum Gasteiger partial charge on any atom is -0.399 e. The number of benzene rings is 2. The standard InChI is InChI=1S/C17H17N3/c1-11-4-3-5-14(10-11)16-12(2)19-17(20-16)13-6-8-15(18)9-7-13/h3-10H,18H2,1-2H3,(H,19,20). The Morgan fingerprint density at radius 1 is 0.950 bits per heavy atom. The molecule has 1 aromatic heterocycles. The number of nitrogens with one attached hydrogen (secondary N) is 1. The predicted octanol–water partition coefficient (Wildman–Crippen LogP) is 3.94. The molecule has 20 heavy (non-hydrogen) atoms. The van der Waals surface area contributed by atoms with Gasteiger partial charge in [0.25, 0.3) is 0 Å². The number of hydrogen-bond donors (Lipinski definition) is 2. The fourth-order valence-electron chi connectivity index (χ4n) is 2.31. The highest BCUT2D eigenvalue weighted by Gasteiger charge is 2.10. The molecule has 0 aliphatic rings. The van der Waals surface area contributed by atoms with Gasteiger partial charge in [0.1, 0.15) is 5.82 Å². The smallest absolute Gasteiger partial charge is 0.138 e. The molecule has 0 radical (unpaired) electrons. The highest BCUT2D eigenvalue weighted by molar-refractivity contribution is 5.68. The normalized spacial score (nSPS) is 10.7. The van der Waals surface area contributed by atoms with Gasteiger partial charge in [-0.25, -0.2) is 4.98 Å². The summed E-state index contributed by atoms with van der Waals surface area (Å²) in [6.07, 6.45) is 0. The van der Waals surface area contributed by atoms with Gasteiger partial charge >= 0.3 is 0 Å². The van der Waals surface area contributed by atoms with Gasteiger partial charge in [0.15, 0.2) is 0 Å². The number of nitrogens with two attached hydrogens (primary N) is 1. The number of H-pyrrole nitrogens is 1. The molecule has 3 heteroatoms. The molecule has 0 saturated carbocycles. The summed E-state index contributed by atoms with van der Waals surface area (Å²) in [5.41, 5.74) is 12.0. The molecule has 0 bridgehead atoms. The maximum atomic E-state index is 5.72. The molecular weight excluding hydrogens is 246 g/mol. The van der Waals surface area contributed by atoms with Crippen molar-refractivity contribution >= 4 is 5.69 Å². The molecule has 0 fully saturated rings. The third kappa shape index (κ3) is 2.30. The quantitative estimate of drug-likeness (QED) is 0.688. The summed E-state index contributed by atoms with van der Waals surface area (Å²) in [6, 6.07) is 16.1. The molecule has 0 saturated heterocycles. The van der Waals surface area contributed by atoms with E-state index < -0.39 is 0 Å². The fraction of sp³-hybridized carbons (Fsp3) is 0.118. The van der Waals surface area contributed by atoms with Gasteiger partial charge in [-0.05, 0) is 44.2 Å². The molecule has 3 rings (SSSR count). The Labute approximate surface area is 118 Å². The van der Waals surface area contributed by atoms with Crippen LogP contribution in [0, 0.1) is 13.8 Å². The first-order valence-electron chi connectivity index (χ1n) is 6.63. The highest BCUT2D eigenvalue weighted by Crippen LogP contribution is 2.26. The van der Waals surface area contributed by atoms with Crippen LogP contribution >= 0.6 is 0 Å². The van der Waals surface area contributed by atoms with Crippen molar-refractivity contribution in [3.8, 4) is 22.6 Å².